The molecule has 1 aliphatic heterocycles. The summed E-state index contributed by atoms with van der Waals surface area (Å²) in [6.07, 6.45) is -0.0992. The fourth-order valence-corrected chi connectivity index (χ4v) is 2.51. The maximum Gasteiger partial charge on any atom is 0.150 e. The van der Waals surface area contributed by atoms with Crippen molar-refractivity contribution >= 4 is 0 Å². The molecule has 2 atom stereocenters. The summed E-state index contributed by atoms with van der Waals surface area (Å²) >= 11 is 0. The highest BCUT2D eigenvalue weighted by molar-refractivity contribution is 5.43. The number of aliphatic hydroxyl groups is 1. The molecule has 18 heavy (non-hydrogen) atoms. The molecule has 0 radical (unpaired) electrons. The minimum Gasteiger partial charge on any atom is -0.482 e. The number of aryl methyl sites for hydroxylation is 1. The van der Waals surface area contributed by atoms with Crippen LogP contribution in [0.15, 0.2) is 48.5 Å². The lowest BCUT2D eigenvalue weighted by atomic mass is 9.93. The molecule has 3 rings (SSSR count). The van der Waals surface area contributed by atoms with Crippen LogP contribution in [0, 0.1) is 6.92 Å². The minimum atomic E-state index is -0.485. The summed E-state index contributed by atoms with van der Waals surface area (Å²) in [6.45, 7) is 2.04. The van der Waals surface area contributed by atoms with Gasteiger partial charge in [-0.05, 0) is 23.6 Å². The van der Waals surface area contributed by atoms with Crippen LogP contribution in [0.3, 0.4) is 0 Å². The Balaban J connectivity index is 1.99. The van der Waals surface area contributed by atoms with Crippen LogP contribution in [-0.4, -0.2) is 11.2 Å². The molecule has 2 nitrogen and oxygen atoms in total. The van der Waals surface area contributed by atoms with Crippen molar-refractivity contribution in [1.82, 2.24) is 0 Å². The highest BCUT2D eigenvalue weighted by Crippen LogP contribution is 2.37. The molecule has 0 saturated carbocycles. The monoisotopic (exact) mass is 240 g/mol. The first kappa shape index (κ1) is 11.3. The van der Waals surface area contributed by atoms with E-state index < -0.39 is 6.10 Å². The SMILES string of the molecule is Cc1cccc2c1OC(c1ccccc1)C(O)C2. The van der Waals surface area contributed by atoms with E-state index in [0.717, 1.165) is 22.4 Å². The smallest absolute Gasteiger partial charge is 0.150 e. The lowest BCUT2D eigenvalue weighted by molar-refractivity contribution is 0.0203. The molecule has 2 heteroatoms. The van der Waals surface area contributed by atoms with E-state index in [0.29, 0.717) is 6.42 Å². The van der Waals surface area contributed by atoms with Crippen molar-refractivity contribution in [2.24, 2.45) is 0 Å². The lowest BCUT2D eigenvalue weighted by Crippen LogP contribution is -2.30. The molecule has 0 fully saturated rings. The van der Waals surface area contributed by atoms with Gasteiger partial charge in [0.15, 0.2) is 0 Å². The number of para-hydroxylation sites is 1. The molecule has 1 N–H and O–H groups in total. The van der Waals surface area contributed by atoms with Gasteiger partial charge in [-0.25, -0.2) is 0 Å². The second kappa shape index (κ2) is 4.46. The van der Waals surface area contributed by atoms with Gasteiger partial charge in [-0.15, -0.1) is 0 Å². The van der Waals surface area contributed by atoms with Crippen molar-refractivity contribution < 1.29 is 9.84 Å². The van der Waals surface area contributed by atoms with Gasteiger partial charge in [0.05, 0.1) is 6.10 Å². The normalized spacial score (nSPS) is 22.1. The molecule has 0 bridgehead atoms. The molecule has 0 spiro atoms. The predicted octanol–water partition coefficient (Wildman–Crippen LogP) is 3.03. The zero-order valence-electron chi connectivity index (χ0n) is 10.3. The number of hydrogen-bond donors (Lipinski definition) is 1. The predicted molar refractivity (Wildman–Crippen MR) is 70.7 cm³/mol. The second-order valence-corrected chi connectivity index (χ2v) is 4.78. The first-order chi connectivity index (χ1) is 8.75. The fraction of sp³-hybridized carbons (Fsp3) is 0.250. The van der Waals surface area contributed by atoms with Gasteiger partial charge in [0.1, 0.15) is 11.9 Å². The molecular formula is C16H16O2. The van der Waals surface area contributed by atoms with Crippen molar-refractivity contribution in [3.8, 4) is 5.75 Å². The van der Waals surface area contributed by atoms with Crippen molar-refractivity contribution in [2.75, 3.05) is 0 Å². The number of rotatable bonds is 1. The van der Waals surface area contributed by atoms with E-state index in [9.17, 15) is 5.11 Å². The minimum absolute atomic E-state index is 0.264. The summed E-state index contributed by atoms with van der Waals surface area (Å²) in [6, 6.07) is 16.0. The Morgan fingerprint density at radius 1 is 1.06 bits per heavy atom. The molecule has 1 heterocycles. The van der Waals surface area contributed by atoms with Crippen molar-refractivity contribution in [3.63, 3.8) is 0 Å². The van der Waals surface area contributed by atoms with Gasteiger partial charge in [-0.3, -0.25) is 0 Å². The zero-order chi connectivity index (χ0) is 12.5. The van der Waals surface area contributed by atoms with E-state index in [4.69, 9.17) is 4.74 Å². The third kappa shape index (κ3) is 1.89. The molecule has 0 aliphatic carbocycles. The highest BCUT2D eigenvalue weighted by atomic mass is 16.5. The van der Waals surface area contributed by atoms with Crippen LogP contribution in [0.2, 0.25) is 0 Å². The van der Waals surface area contributed by atoms with Crippen LogP contribution in [0.25, 0.3) is 0 Å². The first-order valence-corrected chi connectivity index (χ1v) is 6.24. The van der Waals surface area contributed by atoms with Gasteiger partial charge in [0, 0.05) is 6.42 Å². The van der Waals surface area contributed by atoms with Crippen LogP contribution >= 0.6 is 0 Å². The Morgan fingerprint density at radius 2 is 1.83 bits per heavy atom. The van der Waals surface area contributed by atoms with Crippen LogP contribution < -0.4 is 4.74 Å². The maximum absolute atomic E-state index is 10.2. The number of hydrogen-bond acceptors (Lipinski definition) is 2. The quantitative estimate of drug-likeness (QED) is 0.830. The number of ether oxygens (including phenoxy) is 1. The van der Waals surface area contributed by atoms with E-state index in [1.165, 1.54) is 0 Å². The molecule has 1 aliphatic rings. The summed E-state index contributed by atoms with van der Waals surface area (Å²) in [5.74, 6) is 0.927. The molecule has 2 aromatic rings. The van der Waals surface area contributed by atoms with Gasteiger partial charge in [-0.2, -0.15) is 0 Å². The standard InChI is InChI=1S/C16H16O2/c1-11-6-5-9-13-10-14(17)16(18-15(11)13)12-7-3-2-4-8-12/h2-9,14,16-17H,10H2,1H3. The van der Waals surface area contributed by atoms with Crippen molar-refractivity contribution in [2.45, 2.75) is 25.6 Å². The van der Waals surface area contributed by atoms with Crippen LogP contribution in [-0.2, 0) is 6.42 Å². The molecule has 2 unspecified atom stereocenters. The van der Waals surface area contributed by atoms with Crippen molar-refractivity contribution in [1.29, 1.82) is 0 Å². The second-order valence-electron chi connectivity index (χ2n) is 4.78. The first-order valence-electron chi connectivity index (χ1n) is 6.24. The van der Waals surface area contributed by atoms with E-state index >= 15 is 0 Å². The fourth-order valence-electron chi connectivity index (χ4n) is 2.51. The Kier molecular flexibility index (Phi) is 2.80. The average molecular weight is 240 g/mol. The average Bonchev–Trinajstić information content (AvgIpc) is 2.39. The zero-order valence-corrected chi connectivity index (χ0v) is 10.3. The van der Waals surface area contributed by atoms with E-state index in [2.05, 4.69) is 0 Å². The van der Waals surface area contributed by atoms with E-state index in [1.807, 2.05) is 55.5 Å². The van der Waals surface area contributed by atoms with Gasteiger partial charge in [0.25, 0.3) is 0 Å². The van der Waals surface area contributed by atoms with Gasteiger partial charge in [0.2, 0.25) is 0 Å². The van der Waals surface area contributed by atoms with Gasteiger partial charge in [-0.1, -0.05) is 48.5 Å². The number of fused-ring (bicyclic) bond motifs is 1. The van der Waals surface area contributed by atoms with Crippen molar-refractivity contribution in [3.05, 3.63) is 65.2 Å². The Labute approximate surface area is 107 Å². The Hall–Kier alpha value is -1.80. The lowest BCUT2D eigenvalue weighted by Gasteiger charge is -2.31. The Morgan fingerprint density at radius 3 is 2.61 bits per heavy atom. The molecule has 92 valence electrons. The third-order valence-corrected chi connectivity index (χ3v) is 3.44. The number of benzene rings is 2. The van der Waals surface area contributed by atoms with Gasteiger partial charge < -0.3 is 9.84 Å². The molecule has 0 aromatic heterocycles. The topological polar surface area (TPSA) is 29.5 Å². The van der Waals surface area contributed by atoms with Crippen LogP contribution in [0.5, 0.6) is 5.75 Å². The summed E-state index contributed by atoms with van der Waals surface area (Å²) in [5, 5.41) is 10.2. The summed E-state index contributed by atoms with van der Waals surface area (Å²) in [7, 11) is 0. The summed E-state index contributed by atoms with van der Waals surface area (Å²) in [4.78, 5) is 0. The molecule has 2 aromatic carbocycles. The van der Waals surface area contributed by atoms with Crippen LogP contribution in [0.4, 0.5) is 0 Å². The third-order valence-electron chi connectivity index (χ3n) is 3.44. The largest absolute Gasteiger partial charge is 0.482 e. The number of aliphatic hydroxyl groups excluding tert-OH is 1. The van der Waals surface area contributed by atoms with Gasteiger partial charge >= 0.3 is 0 Å². The summed E-state index contributed by atoms with van der Waals surface area (Å²) < 4.78 is 6.01. The summed E-state index contributed by atoms with van der Waals surface area (Å²) in [5.41, 5.74) is 3.24. The molecular weight excluding hydrogens is 224 g/mol. The van der Waals surface area contributed by atoms with Crippen LogP contribution in [0.1, 0.15) is 22.8 Å². The maximum atomic E-state index is 10.2. The van der Waals surface area contributed by atoms with E-state index in [1.54, 1.807) is 0 Å². The van der Waals surface area contributed by atoms with E-state index in [-0.39, 0.29) is 6.10 Å². The molecule has 0 saturated heterocycles. The Bertz CT molecular complexity index is 548. The molecule has 0 amide bonds. The highest BCUT2D eigenvalue weighted by Gasteiger charge is 2.30.